The predicted molar refractivity (Wildman–Crippen MR) is 404 cm³/mol. The van der Waals surface area contributed by atoms with E-state index in [1.165, 1.54) is 24.3 Å². The van der Waals surface area contributed by atoms with Crippen molar-refractivity contribution < 1.29 is 148 Å². The molecular formula is C79H113N5O31. The molecule has 640 valence electrons. The maximum Gasteiger partial charge on any atom is 0.407 e. The molecule has 3 saturated heterocycles. The van der Waals surface area contributed by atoms with E-state index in [9.17, 15) is 48.3 Å². The first-order valence-corrected chi connectivity index (χ1v) is 38.6. The zero-order valence-corrected chi connectivity index (χ0v) is 65.9. The number of nitrogens with one attached hydrogen (secondary N) is 5. The lowest BCUT2D eigenvalue weighted by Crippen LogP contribution is -2.64. The van der Waals surface area contributed by atoms with Crippen LogP contribution in [0, 0.1) is 0 Å². The average molecular weight is 1630 g/mol. The number of hydrogen-bond donors (Lipinski definition) is 6. The number of aliphatic hydroxyl groups excluding tert-OH is 1. The van der Waals surface area contributed by atoms with Gasteiger partial charge in [-0.05, 0) is 52.8 Å². The van der Waals surface area contributed by atoms with E-state index in [1.807, 2.05) is 48.5 Å². The summed E-state index contributed by atoms with van der Waals surface area (Å²) in [5, 5.41) is 24.1. The van der Waals surface area contributed by atoms with Crippen molar-refractivity contribution in [2.24, 2.45) is 0 Å². The first-order valence-electron chi connectivity index (χ1n) is 38.6. The van der Waals surface area contributed by atoms with E-state index in [-0.39, 0.29) is 114 Å². The number of alkyl carbamates (subject to hydrolysis) is 1. The van der Waals surface area contributed by atoms with Crippen LogP contribution in [0.1, 0.15) is 81.0 Å². The molecule has 6 N–H and O–H groups in total. The van der Waals surface area contributed by atoms with Gasteiger partial charge in [-0.15, -0.1) is 0 Å². The lowest BCUT2D eigenvalue weighted by Gasteiger charge is -2.43. The number of amides is 5. The highest BCUT2D eigenvalue weighted by Gasteiger charge is 2.56. The smallest absolute Gasteiger partial charge is 0.407 e. The van der Waals surface area contributed by atoms with Crippen LogP contribution in [0.2, 0.25) is 0 Å². The zero-order valence-electron chi connectivity index (χ0n) is 65.9. The van der Waals surface area contributed by atoms with Crippen molar-refractivity contribution in [1.29, 1.82) is 0 Å². The van der Waals surface area contributed by atoms with Crippen LogP contribution in [-0.2, 0) is 146 Å². The van der Waals surface area contributed by atoms with E-state index in [2.05, 4.69) is 33.2 Å². The molecule has 0 aromatic heterocycles. The van der Waals surface area contributed by atoms with Gasteiger partial charge in [0.2, 0.25) is 36.0 Å². The third kappa shape index (κ3) is 34.4. The van der Waals surface area contributed by atoms with Gasteiger partial charge in [0.05, 0.1) is 184 Å². The van der Waals surface area contributed by atoms with E-state index >= 15 is 0 Å². The Bertz CT molecular complexity index is 3400. The van der Waals surface area contributed by atoms with Crippen molar-refractivity contribution in [1.82, 2.24) is 26.6 Å². The molecule has 1 aliphatic carbocycles. The number of aliphatic hydroxyl groups is 1. The number of fused-ring (bicyclic) bond motifs is 4. The van der Waals surface area contributed by atoms with Crippen molar-refractivity contribution in [2.45, 2.75) is 133 Å². The van der Waals surface area contributed by atoms with Gasteiger partial charge >= 0.3 is 30.0 Å². The van der Waals surface area contributed by atoms with E-state index in [1.54, 1.807) is 7.11 Å². The Kier molecular flexibility index (Phi) is 44.4. The second-order valence-corrected chi connectivity index (χ2v) is 26.4. The molecule has 5 amide bonds. The minimum absolute atomic E-state index is 0.0287. The Morgan fingerprint density at radius 2 is 0.991 bits per heavy atom. The van der Waals surface area contributed by atoms with E-state index in [0.717, 1.165) is 43.0 Å². The monoisotopic (exact) mass is 1630 g/mol. The summed E-state index contributed by atoms with van der Waals surface area (Å²) in [6.07, 6.45) is -9.54. The first-order chi connectivity index (χ1) is 56.0. The molecule has 4 aliphatic rings. The maximum absolute atomic E-state index is 14.1. The Morgan fingerprint density at radius 1 is 0.530 bits per heavy atom. The molecule has 3 fully saturated rings. The van der Waals surface area contributed by atoms with Gasteiger partial charge in [0, 0.05) is 71.7 Å². The highest BCUT2D eigenvalue weighted by molar-refractivity contribution is 5.87. The number of benzene rings is 3. The van der Waals surface area contributed by atoms with Gasteiger partial charge in [0.25, 0.3) is 0 Å². The Labute approximate surface area is 668 Å². The maximum atomic E-state index is 14.1. The fraction of sp³-hybridized carbons (Fsp3) is 0.633. The quantitative estimate of drug-likeness (QED) is 0.0204. The second-order valence-electron chi connectivity index (χ2n) is 26.4. The van der Waals surface area contributed by atoms with Crippen molar-refractivity contribution in [3.8, 4) is 16.9 Å². The molecule has 115 heavy (non-hydrogen) atoms. The molecule has 3 aliphatic heterocycles. The fourth-order valence-corrected chi connectivity index (χ4v) is 12.5. The van der Waals surface area contributed by atoms with Crippen LogP contribution < -0.4 is 31.3 Å². The van der Waals surface area contributed by atoms with Crippen LogP contribution in [0.4, 0.5) is 4.79 Å². The van der Waals surface area contributed by atoms with Gasteiger partial charge < -0.3 is 131 Å². The van der Waals surface area contributed by atoms with Crippen LogP contribution in [0.25, 0.3) is 11.1 Å². The standard InChI is InChI=1S/C79H113N5O31/c1-6-23-107-77(93)74-72(111-53(2)86)73(112-54(3)87)75(113-55(4)88)78(115-74)114-66-19-18-56(49-85)47-57(66)48-81-67(89)20-22-80-76(92)63(84-79(94)110-50-62-60-14-9-7-12-58(60)59-13-8-10-15-61(59)62)16-11-17-68(90)82-64-51-108-71-65(52-109-70(64)71)83-69(91)21-24-96-27-28-98-31-32-100-35-36-102-39-40-104-43-44-106-46-45-105-42-41-103-38-37-101-34-33-99-30-29-97-26-25-95-5/h6-10,12-15,18-19,47,62-65,70-75,78,85H,1,11,16-17,20-46,48-52H2,2-5H3,(H,80,92)(H,81,89)(H,82,90)(H,83,91)(H,84,94)/t63-,64-,65-,70+,71+,72-,73-,74-,75+,78+/m0/s1. The van der Waals surface area contributed by atoms with Crippen LogP contribution >= 0.6 is 0 Å². The van der Waals surface area contributed by atoms with E-state index in [4.69, 9.17) is 99.5 Å². The number of carbonyl (C=O) groups is 9. The number of carbonyl (C=O) groups excluding carboxylic acids is 9. The van der Waals surface area contributed by atoms with Gasteiger partial charge in [-0.1, -0.05) is 67.3 Å². The number of methoxy groups -OCH3 is 1. The normalized spacial score (nSPS) is 19.5. The first kappa shape index (κ1) is 93.7. The lowest BCUT2D eigenvalue weighted by molar-refractivity contribution is -0.282. The molecule has 0 saturated carbocycles. The molecule has 36 heteroatoms. The third-order valence-corrected chi connectivity index (χ3v) is 17.9. The largest absolute Gasteiger partial charge is 0.460 e. The van der Waals surface area contributed by atoms with Crippen LogP contribution in [0.3, 0.4) is 0 Å². The van der Waals surface area contributed by atoms with Gasteiger partial charge in [0.15, 0.2) is 18.3 Å². The van der Waals surface area contributed by atoms with Gasteiger partial charge in [-0.25, -0.2) is 9.59 Å². The van der Waals surface area contributed by atoms with Crippen LogP contribution in [0.15, 0.2) is 79.4 Å². The highest BCUT2D eigenvalue weighted by Crippen LogP contribution is 2.44. The van der Waals surface area contributed by atoms with Gasteiger partial charge in [0.1, 0.15) is 37.2 Å². The van der Waals surface area contributed by atoms with E-state index in [0.29, 0.717) is 144 Å². The summed E-state index contributed by atoms with van der Waals surface area (Å²) in [5.74, 6) is -6.03. The Balaban J connectivity index is 0.765. The number of rotatable bonds is 60. The zero-order chi connectivity index (χ0) is 82.2. The van der Waals surface area contributed by atoms with Gasteiger partial charge in [-0.2, -0.15) is 0 Å². The summed E-state index contributed by atoms with van der Waals surface area (Å²) in [7, 11) is 1.63. The molecule has 10 atom stereocenters. The molecule has 0 unspecified atom stereocenters. The van der Waals surface area contributed by atoms with Crippen molar-refractivity contribution in [2.75, 3.05) is 192 Å². The van der Waals surface area contributed by atoms with E-state index < -0.39 is 109 Å². The molecule has 3 aromatic carbocycles. The molecule has 0 radical (unpaired) electrons. The summed E-state index contributed by atoms with van der Waals surface area (Å²) < 4.78 is 117. The Morgan fingerprint density at radius 3 is 1.47 bits per heavy atom. The fourth-order valence-electron chi connectivity index (χ4n) is 12.5. The summed E-state index contributed by atoms with van der Waals surface area (Å²) >= 11 is 0. The molecule has 36 nitrogen and oxygen atoms in total. The summed E-state index contributed by atoms with van der Waals surface area (Å²) in [6.45, 7) is 15.5. The molecule has 7 rings (SSSR count). The van der Waals surface area contributed by atoms with Crippen LogP contribution in [-0.4, -0.2) is 312 Å². The number of hydrogen-bond acceptors (Lipinski definition) is 31. The SMILES string of the molecule is C=CCOC(=O)[C@H]1O[C@@H](Oc2ccc(CO)cc2CNC(=O)CCNC(=O)[C@H](CCCC(=O)N[C@H]2CO[C@H]3[C@@H]2OC[C@@H]3NC(=O)CCOCCOCCOCCOCCOCCOCCOCCOCCOCCOCCOCCOC)NC(=O)OCC2c3ccccc3-c3ccccc32)[C@H](OC(C)=O)[C@@H](OC(C)=O)[C@@H]1OC(C)=O. The molecule has 0 bridgehead atoms. The minimum Gasteiger partial charge on any atom is -0.460 e. The number of esters is 4. The molecular weight excluding hydrogens is 1510 g/mol. The number of ether oxygens (including phenoxy) is 21. The van der Waals surface area contributed by atoms with Crippen LogP contribution in [0.5, 0.6) is 5.75 Å². The third-order valence-electron chi connectivity index (χ3n) is 17.9. The minimum atomic E-state index is -1.80. The lowest BCUT2D eigenvalue weighted by atomic mass is 9.97. The van der Waals surface area contributed by atoms with Crippen molar-refractivity contribution in [3.63, 3.8) is 0 Å². The molecule has 3 aromatic rings. The Hall–Kier alpha value is -8.41. The molecule has 0 spiro atoms. The van der Waals surface area contributed by atoms with Crippen molar-refractivity contribution in [3.05, 3.63) is 102 Å². The second kappa shape index (κ2) is 54.5. The topological polar surface area (TPSA) is 428 Å². The van der Waals surface area contributed by atoms with Gasteiger partial charge in [-0.3, -0.25) is 33.6 Å². The summed E-state index contributed by atoms with van der Waals surface area (Å²) in [6, 6.07) is 17.7. The molecule has 3 heterocycles. The highest BCUT2D eigenvalue weighted by atomic mass is 16.7. The average Bonchev–Trinajstić information content (AvgIpc) is 1.76. The van der Waals surface area contributed by atoms with Crippen molar-refractivity contribution >= 4 is 53.6 Å². The predicted octanol–water partition coefficient (Wildman–Crippen LogP) is 1.99. The summed E-state index contributed by atoms with van der Waals surface area (Å²) in [4.78, 5) is 119. The summed E-state index contributed by atoms with van der Waals surface area (Å²) in [5.41, 5.74) is 4.57.